The van der Waals surface area contributed by atoms with E-state index >= 15 is 0 Å². The number of hydrazine groups is 1. The van der Waals surface area contributed by atoms with Gasteiger partial charge in [0.1, 0.15) is 11.9 Å². The van der Waals surface area contributed by atoms with Gasteiger partial charge >= 0.3 is 6.18 Å². The van der Waals surface area contributed by atoms with Gasteiger partial charge in [-0.2, -0.15) is 13.2 Å². The molecule has 11 heteroatoms. The van der Waals surface area contributed by atoms with Crippen LogP contribution in [0.5, 0.6) is 0 Å². The third kappa shape index (κ3) is 4.15. The van der Waals surface area contributed by atoms with Crippen LogP contribution in [0.15, 0.2) is 30.6 Å². The van der Waals surface area contributed by atoms with Crippen molar-refractivity contribution in [3.8, 4) is 11.4 Å². The fraction of sp³-hybridized carbons (Fsp3) is 0.444. The molecule has 0 aromatic carbocycles. The largest absolute Gasteiger partial charge is 0.433 e. The number of nitrogens with one attached hydrogen (secondary N) is 3. The lowest BCUT2D eigenvalue weighted by Gasteiger charge is -2.33. The van der Waals surface area contributed by atoms with Crippen LogP contribution >= 0.6 is 0 Å². The number of carbonyl (C=O) groups is 1. The van der Waals surface area contributed by atoms with E-state index in [1.807, 2.05) is 0 Å². The Labute approximate surface area is 164 Å². The summed E-state index contributed by atoms with van der Waals surface area (Å²) < 4.78 is 40.1. The van der Waals surface area contributed by atoms with Crippen LogP contribution < -0.4 is 21.9 Å². The van der Waals surface area contributed by atoms with Gasteiger partial charge in [-0.1, -0.05) is 0 Å². The van der Waals surface area contributed by atoms with Gasteiger partial charge in [-0.05, 0) is 31.4 Å². The van der Waals surface area contributed by atoms with E-state index in [1.165, 1.54) is 12.4 Å². The summed E-state index contributed by atoms with van der Waals surface area (Å²) in [6.45, 7) is 0. The number of carbonyl (C=O) groups excluding carboxylic acids is 1. The first-order valence-electron chi connectivity index (χ1n) is 9.25. The molecular formula is C18H20F3N7O. The highest BCUT2D eigenvalue weighted by molar-refractivity contribution is 5.80. The Morgan fingerprint density at radius 3 is 2.62 bits per heavy atom. The number of primary amides is 1. The van der Waals surface area contributed by atoms with Crippen molar-refractivity contribution in [1.29, 1.82) is 0 Å². The third-order valence-corrected chi connectivity index (χ3v) is 5.37. The highest BCUT2D eigenvalue weighted by atomic mass is 19.4. The number of alkyl halides is 3. The summed E-state index contributed by atoms with van der Waals surface area (Å²) in [6.07, 6.45) is 0.392. The van der Waals surface area contributed by atoms with Crippen molar-refractivity contribution in [3.05, 3.63) is 36.3 Å². The molecule has 1 aliphatic carbocycles. The van der Waals surface area contributed by atoms with Crippen LogP contribution in [0.1, 0.15) is 25.0 Å². The number of halogens is 3. The summed E-state index contributed by atoms with van der Waals surface area (Å²) in [4.78, 5) is 23.4. The fourth-order valence-electron chi connectivity index (χ4n) is 3.98. The van der Waals surface area contributed by atoms with E-state index in [9.17, 15) is 18.0 Å². The average molecular weight is 407 g/mol. The molecule has 4 atom stereocenters. The monoisotopic (exact) mass is 407 g/mol. The molecular weight excluding hydrogens is 387 g/mol. The number of hydrogen-bond donors (Lipinski definition) is 4. The normalized spacial score (nSPS) is 26.7. The minimum absolute atomic E-state index is 0.0300. The van der Waals surface area contributed by atoms with Gasteiger partial charge in [0.15, 0.2) is 11.5 Å². The molecule has 0 bridgehead atoms. The second-order valence-corrected chi connectivity index (χ2v) is 7.29. The molecule has 1 aliphatic heterocycles. The smallest absolute Gasteiger partial charge is 0.368 e. The topological polar surface area (TPSA) is 118 Å². The molecule has 2 aliphatic rings. The summed E-state index contributed by atoms with van der Waals surface area (Å²) in [5, 5.41) is 3.10. The predicted octanol–water partition coefficient (Wildman–Crippen LogP) is 1.47. The number of nitrogens with zero attached hydrogens (tertiary/aromatic N) is 3. The van der Waals surface area contributed by atoms with Crippen LogP contribution in [-0.2, 0) is 11.0 Å². The number of nitrogens with two attached hydrogens (primary N) is 1. The molecule has 0 spiro atoms. The molecule has 2 aromatic heterocycles. The Kier molecular flexibility index (Phi) is 5.09. The summed E-state index contributed by atoms with van der Waals surface area (Å²) in [5.41, 5.74) is 10.8. The third-order valence-electron chi connectivity index (χ3n) is 5.37. The summed E-state index contributed by atoms with van der Waals surface area (Å²) in [6, 6.07) is 3.48. The van der Waals surface area contributed by atoms with Crippen LogP contribution in [0.2, 0.25) is 0 Å². The van der Waals surface area contributed by atoms with Gasteiger partial charge in [0.05, 0.1) is 0 Å². The number of anilines is 1. The van der Waals surface area contributed by atoms with Gasteiger partial charge in [0.25, 0.3) is 0 Å². The molecule has 1 amide bonds. The summed E-state index contributed by atoms with van der Waals surface area (Å²) in [7, 11) is 0. The number of rotatable bonds is 4. The fourth-order valence-corrected chi connectivity index (χ4v) is 3.98. The van der Waals surface area contributed by atoms with E-state index in [1.54, 1.807) is 12.1 Å². The van der Waals surface area contributed by atoms with Crippen LogP contribution in [0.25, 0.3) is 11.4 Å². The quantitative estimate of drug-likeness (QED) is 0.606. The maximum Gasteiger partial charge on any atom is 0.433 e. The Morgan fingerprint density at radius 1 is 1.17 bits per heavy atom. The zero-order chi connectivity index (χ0) is 20.6. The minimum Gasteiger partial charge on any atom is -0.368 e. The van der Waals surface area contributed by atoms with Crippen molar-refractivity contribution in [2.45, 2.75) is 43.6 Å². The number of pyridine rings is 1. The molecule has 2 fully saturated rings. The first-order chi connectivity index (χ1) is 13.8. The first kappa shape index (κ1) is 19.5. The molecule has 4 rings (SSSR count). The SMILES string of the molecule is NC(=O)C1NNC2CCC(Nc3cc(C(F)(F)F)nc(-c4ccncc4)n3)CC21. The molecule has 4 unspecified atom stereocenters. The zero-order valence-corrected chi connectivity index (χ0v) is 15.3. The Hall–Kier alpha value is -2.79. The lowest BCUT2D eigenvalue weighted by atomic mass is 9.79. The number of hydrogen-bond acceptors (Lipinski definition) is 7. The van der Waals surface area contributed by atoms with E-state index in [0.29, 0.717) is 12.0 Å². The van der Waals surface area contributed by atoms with Crippen LogP contribution in [0, 0.1) is 5.92 Å². The van der Waals surface area contributed by atoms with Gasteiger partial charge in [-0.3, -0.25) is 15.2 Å². The van der Waals surface area contributed by atoms with Crippen LogP contribution in [-0.4, -0.2) is 39.0 Å². The maximum absolute atomic E-state index is 13.4. The standard InChI is InChI=1S/C18H20F3N7O/c19-18(20,21)13-8-14(26-17(25-13)9-3-5-23-6-4-9)24-10-1-2-12-11(7-10)15(16(22)29)28-27-12/h3-6,8,10-12,15,27-28H,1-2,7H2,(H2,22,29)(H,24,25,26). The van der Waals surface area contributed by atoms with Gasteiger partial charge < -0.3 is 11.1 Å². The maximum atomic E-state index is 13.4. The Morgan fingerprint density at radius 2 is 1.93 bits per heavy atom. The number of fused-ring (bicyclic) bond motifs is 1. The lowest BCUT2D eigenvalue weighted by molar-refractivity contribution is -0.141. The van der Waals surface area contributed by atoms with Crippen LogP contribution in [0.4, 0.5) is 19.0 Å². The summed E-state index contributed by atoms with van der Waals surface area (Å²) in [5.74, 6) is -0.427. The minimum atomic E-state index is -4.60. The second-order valence-electron chi connectivity index (χ2n) is 7.29. The molecule has 29 heavy (non-hydrogen) atoms. The lowest BCUT2D eigenvalue weighted by Crippen LogP contribution is -2.44. The Balaban J connectivity index is 1.59. The van der Waals surface area contributed by atoms with Gasteiger partial charge in [0, 0.05) is 42.0 Å². The molecule has 154 valence electrons. The molecule has 5 N–H and O–H groups in total. The zero-order valence-electron chi connectivity index (χ0n) is 15.3. The van der Waals surface area contributed by atoms with Crippen molar-refractivity contribution in [1.82, 2.24) is 25.8 Å². The van der Waals surface area contributed by atoms with Gasteiger partial charge in [-0.25, -0.2) is 15.4 Å². The van der Waals surface area contributed by atoms with Gasteiger partial charge in [0.2, 0.25) is 5.91 Å². The van der Waals surface area contributed by atoms with Crippen molar-refractivity contribution >= 4 is 11.7 Å². The van der Waals surface area contributed by atoms with Crippen molar-refractivity contribution < 1.29 is 18.0 Å². The predicted molar refractivity (Wildman–Crippen MR) is 98.1 cm³/mol. The molecule has 8 nitrogen and oxygen atoms in total. The number of aromatic nitrogens is 3. The average Bonchev–Trinajstić information content (AvgIpc) is 3.11. The van der Waals surface area contributed by atoms with Crippen molar-refractivity contribution in [2.24, 2.45) is 11.7 Å². The van der Waals surface area contributed by atoms with E-state index in [2.05, 4.69) is 31.1 Å². The van der Waals surface area contributed by atoms with E-state index in [-0.39, 0.29) is 29.6 Å². The van der Waals surface area contributed by atoms with Crippen molar-refractivity contribution in [2.75, 3.05) is 5.32 Å². The van der Waals surface area contributed by atoms with Gasteiger partial charge in [-0.15, -0.1) is 0 Å². The van der Waals surface area contributed by atoms with E-state index in [4.69, 9.17) is 5.73 Å². The molecule has 1 saturated carbocycles. The molecule has 2 aromatic rings. The molecule has 3 heterocycles. The van der Waals surface area contributed by atoms with Crippen LogP contribution in [0.3, 0.4) is 0 Å². The van der Waals surface area contributed by atoms with E-state index < -0.39 is 23.8 Å². The van der Waals surface area contributed by atoms with Crippen molar-refractivity contribution in [3.63, 3.8) is 0 Å². The first-order valence-corrected chi connectivity index (χ1v) is 9.25. The highest BCUT2D eigenvalue weighted by Gasteiger charge is 2.43. The molecule has 1 saturated heterocycles. The second kappa shape index (κ2) is 7.56. The Bertz CT molecular complexity index is 893. The molecule has 0 radical (unpaired) electrons. The summed E-state index contributed by atoms with van der Waals surface area (Å²) >= 11 is 0. The highest BCUT2D eigenvalue weighted by Crippen LogP contribution is 2.34. The number of amides is 1. The van der Waals surface area contributed by atoms with E-state index in [0.717, 1.165) is 18.9 Å².